The third-order valence-electron chi connectivity index (χ3n) is 8.05. The first-order valence-electron chi connectivity index (χ1n) is 14.0. The second kappa shape index (κ2) is 12.0. The molecule has 2 fully saturated rings. The van der Waals surface area contributed by atoms with Gasteiger partial charge < -0.3 is 14.5 Å². The molecule has 2 amide bonds. The van der Waals surface area contributed by atoms with Crippen LogP contribution in [-0.2, 0) is 9.53 Å². The van der Waals surface area contributed by atoms with Crippen molar-refractivity contribution in [1.29, 1.82) is 0 Å². The third-order valence-corrected chi connectivity index (χ3v) is 8.05. The van der Waals surface area contributed by atoms with Crippen LogP contribution in [0.15, 0.2) is 97.3 Å². The van der Waals surface area contributed by atoms with Gasteiger partial charge in [0.25, 0.3) is 5.91 Å². The molecule has 40 heavy (non-hydrogen) atoms. The smallest absolute Gasteiger partial charge is 0.256 e. The summed E-state index contributed by atoms with van der Waals surface area (Å²) in [6.07, 6.45) is 3.80. The number of carbonyl (C=O) groups is 2. The molecule has 204 valence electrons. The van der Waals surface area contributed by atoms with Gasteiger partial charge in [0.2, 0.25) is 5.91 Å². The molecule has 1 aromatic heterocycles. The summed E-state index contributed by atoms with van der Waals surface area (Å²) in [6, 6.07) is 28.6. The Morgan fingerprint density at radius 1 is 0.775 bits per heavy atom. The lowest BCUT2D eigenvalue weighted by Gasteiger charge is -2.46. The van der Waals surface area contributed by atoms with E-state index in [4.69, 9.17) is 4.74 Å². The number of morpholine rings is 1. The van der Waals surface area contributed by atoms with Gasteiger partial charge in [0.05, 0.1) is 24.8 Å². The van der Waals surface area contributed by atoms with E-state index in [1.165, 1.54) is 11.1 Å². The van der Waals surface area contributed by atoms with E-state index in [0.29, 0.717) is 57.9 Å². The van der Waals surface area contributed by atoms with Gasteiger partial charge in [-0.15, -0.1) is 0 Å². The van der Waals surface area contributed by atoms with Gasteiger partial charge in [0.1, 0.15) is 0 Å². The molecule has 0 bridgehead atoms. The van der Waals surface area contributed by atoms with Crippen LogP contribution >= 0.6 is 0 Å². The normalized spacial score (nSPS) is 18.3. The summed E-state index contributed by atoms with van der Waals surface area (Å²) in [6.45, 7) is 4.03. The SMILES string of the molecule is O=C(CC1CN(C(=O)c2cncc3ccccc23)CCN1C(c1ccccc1)c1ccccc1)N1CCOCC1. The van der Waals surface area contributed by atoms with Gasteiger partial charge in [-0.25, -0.2) is 0 Å². The molecule has 6 rings (SSSR count). The molecule has 1 atom stereocenters. The van der Waals surface area contributed by atoms with E-state index in [1.807, 2.05) is 46.2 Å². The van der Waals surface area contributed by atoms with Crippen molar-refractivity contribution in [2.75, 3.05) is 45.9 Å². The van der Waals surface area contributed by atoms with Crippen LogP contribution in [0.5, 0.6) is 0 Å². The number of nitrogens with zero attached hydrogens (tertiary/aromatic N) is 4. The molecule has 7 heteroatoms. The molecule has 2 saturated heterocycles. The first-order valence-corrected chi connectivity index (χ1v) is 14.0. The molecule has 7 nitrogen and oxygen atoms in total. The van der Waals surface area contributed by atoms with Crippen LogP contribution in [0, 0.1) is 0 Å². The van der Waals surface area contributed by atoms with Gasteiger partial charge in [-0.3, -0.25) is 19.5 Å². The summed E-state index contributed by atoms with van der Waals surface area (Å²) in [7, 11) is 0. The predicted molar refractivity (Wildman–Crippen MR) is 155 cm³/mol. The molecular formula is C33H34N4O3. The van der Waals surface area contributed by atoms with Crippen LogP contribution in [0.4, 0.5) is 0 Å². The fraction of sp³-hybridized carbons (Fsp3) is 0.303. The Labute approximate surface area is 235 Å². The maximum Gasteiger partial charge on any atom is 0.256 e. The molecule has 3 heterocycles. The van der Waals surface area contributed by atoms with Crippen molar-refractivity contribution >= 4 is 22.6 Å². The standard InChI is InChI=1S/C33H34N4O3/c38-31(35-17-19-40-20-18-35)21-28-24-36(33(39)30-23-34-22-27-13-7-8-14-29(27)30)15-16-37(28)32(25-9-3-1-4-10-25)26-11-5-2-6-12-26/h1-14,22-23,28,32H,15-21,24H2. The fourth-order valence-corrected chi connectivity index (χ4v) is 6.02. The number of amides is 2. The number of benzene rings is 3. The van der Waals surface area contributed by atoms with Crippen molar-refractivity contribution in [3.05, 3.63) is 114 Å². The minimum absolute atomic E-state index is 0.0265. The largest absolute Gasteiger partial charge is 0.378 e. The molecule has 0 aliphatic carbocycles. The zero-order valence-electron chi connectivity index (χ0n) is 22.6. The minimum Gasteiger partial charge on any atom is -0.378 e. The Kier molecular flexibility index (Phi) is 7.84. The van der Waals surface area contributed by atoms with E-state index >= 15 is 0 Å². The van der Waals surface area contributed by atoms with Gasteiger partial charge in [-0.2, -0.15) is 0 Å². The summed E-state index contributed by atoms with van der Waals surface area (Å²) in [5.74, 6) is 0.0723. The number of piperazine rings is 1. The third kappa shape index (κ3) is 5.48. The zero-order valence-corrected chi connectivity index (χ0v) is 22.6. The summed E-state index contributed by atoms with van der Waals surface area (Å²) < 4.78 is 5.48. The first kappa shape index (κ1) is 26.2. The molecule has 1 unspecified atom stereocenters. The number of aromatic nitrogens is 1. The first-order chi connectivity index (χ1) is 19.7. The number of carbonyl (C=O) groups excluding carboxylic acids is 2. The second-order valence-electron chi connectivity index (χ2n) is 10.5. The van der Waals surface area contributed by atoms with Crippen LogP contribution in [0.25, 0.3) is 10.8 Å². The summed E-state index contributed by atoms with van der Waals surface area (Å²) >= 11 is 0. The maximum absolute atomic E-state index is 13.9. The highest BCUT2D eigenvalue weighted by molar-refractivity contribution is 6.06. The van der Waals surface area contributed by atoms with Gasteiger partial charge in [-0.05, 0) is 16.5 Å². The van der Waals surface area contributed by atoms with Gasteiger partial charge in [0, 0.05) is 63.0 Å². The van der Waals surface area contributed by atoms with Crippen molar-refractivity contribution in [2.45, 2.75) is 18.5 Å². The molecule has 4 aromatic rings. The molecule has 2 aliphatic heterocycles. The molecule has 0 radical (unpaired) electrons. The quantitative estimate of drug-likeness (QED) is 0.367. The summed E-state index contributed by atoms with van der Waals surface area (Å²) in [5.41, 5.74) is 2.96. The fourth-order valence-electron chi connectivity index (χ4n) is 6.02. The van der Waals surface area contributed by atoms with Crippen LogP contribution in [0.2, 0.25) is 0 Å². The molecule has 0 N–H and O–H groups in total. The second-order valence-corrected chi connectivity index (χ2v) is 10.5. The predicted octanol–water partition coefficient (Wildman–Crippen LogP) is 4.40. The summed E-state index contributed by atoms with van der Waals surface area (Å²) in [4.78, 5) is 38.1. The molecular weight excluding hydrogens is 500 g/mol. The average Bonchev–Trinajstić information content (AvgIpc) is 3.02. The van der Waals surface area contributed by atoms with E-state index in [9.17, 15) is 9.59 Å². The number of ether oxygens (including phenoxy) is 1. The maximum atomic E-state index is 13.9. The lowest BCUT2D eigenvalue weighted by atomic mass is 9.93. The average molecular weight is 535 g/mol. The molecule has 2 aliphatic rings. The van der Waals surface area contributed by atoms with Gasteiger partial charge in [-0.1, -0.05) is 84.9 Å². The zero-order chi connectivity index (χ0) is 27.3. The lowest BCUT2D eigenvalue weighted by molar-refractivity contribution is -0.137. The van der Waals surface area contributed by atoms with Crippen molar-refractivity contribution in [3.63, 3.8) is 0 Å². The highest BCUT2D eigenvalue weighted by atomic mass is 16.5. The van der Waals surface area contributed by atoms with Crippen molar-refractivity contribution in [2.24, 2.45) is 0 Å². The summed E-state index contributed by atoms with van der Waals surface area (Å²) in [5, 5.41) is 1.84. The minimum atomic E-state index is -0.151. The molecule has 0 saturated carbocycles. The Bertz CT molecular complexity index is 1410. The van der Waals surface area contributed by atoms with E-state index in [2.05, 4.69) is 58.4 Å². The van der Waals surface area contributed by atoms with E-state index < -0.39 is 0 Å². The molecule has 0 spiro atoms. The van der Waals surface area contributed by atoms with E-state index in [-0.39, 0.29) is 23.9 Å². The Morgan fingerprint density at radius 2 is 1.43 bits per heavy atom. The van der Waals surface area contributed by atoms with Crippen LogP contribution < -0.4 is 0 Å². The van der Waals surface area contributed by atoms with Gasteiger partial charge in [0.15, 0.2) is 0 Å². The van der Waals surface area contributed by atoms with Gasteiger partial charge >= 0.3 is 0 Å². The Balaban J connectivity index is 1.33. The molecule has 3 aromatic carbocycles. The number of fused-ring (bicyclic) bond motifs is 1. The highest BCUT2D eigenvalue weighted by Crippen LogP contribution is 2.33. The number of rotatable bonds is 6. The van der Waals surface area contributed by atoms with E-state index in [1.54, 1.807) is 12.4 Å². The van der Waals surface area contributed by atoms with Crippen molar-refractivity contribution < 1.29 is 14.3 Å². The van der Waals surface area contributed by atoms with Crippen LogP contribution in [0.3, 0.4) is 0 Å². The highest BCUT2D eigenvalue weighted by Gasteiger charge is 2.37. The number of pyridine rings is 1. The Hall–Kier alpha value is -4.07. The number of hydrogen-bond donors (Lipinski definition) is 0. The van der Waals surface area contributed by atoms with Crippen molar-refractivity contribution in [1.82, 2.24) is 19.7 Å². The lowest BCUT2D eigenvalue weighted by Crippen LogP contribution is -2.57. The van der Waals surface area contributed by atoms with Crippen LogP contribution in [0.1, 0.15) is 33.9 Å². The topological polar surface area (TPSA) is 66.0 Å². The van der Waals surface area contributed by atoms with Crippen LogP contribution in [-0.4, -0.2) is 83.5 Å². The Morgan fingerprint density at radius 3 is 2.12 bits per heavy atom. The number of hydrogen-bond acceptors (Lipinski definition) is 5. The monoisotopic (exact) mass is 534 g/mol. The van der Waals surface area contributed by atoms with Crippen molar-refractivity contribution in [3.8, 4) is 0 Å². The van der Waals surface area contributed by atoms with E-state index in [0.717, 1.165) is 10.8 Å².